The molecular weight excluding hydrogens is 226 g/mol. The Labute approximate surface area is 109 Å². The largest absolute Gasteiger partial charge is 0.398 e. The zero-order valence-electron chi connectivity index (χ0n) is 11.7. The van der Waals surface area contributed by atoms with E-state index in [1.54, 1.807) is 0 Å². The third-order valence-electron chi connectivity index (χ3n) is 3.19. The second-order valence-corrected chi connectivity index (χ2v) is 4.40. The average Bonchev–Trinajstić information content (AvgIpc) is 2.36. The first-order chi connectivity index (χ1) is 8.51. The van der Waals surface area contributed by atoms with Crippen molar-refractivity contribution in [1.29, 1.82) is 0 Å². The number of rotatable bonds is 5. The molecule has 3 N–H and O–H groups in total. The number of hydrogen-bond donors (Lipinski definition) is 2. The molecule has 0 aliphatic carbocycles. The molecule has 1 rings (SSSR count). The molecular formula is C14H23N3O. The van der Waals surface area contributed by atoms with E-state index in [4.69, 9.17) is 5.73 Å². The zero-order valence-corrected chi connectivity index (χ0v) is 11.7. The predicted octanol–water partition coefficient (Wildman–Crippen LogP) is 2.25. The molecule has 0 spiro atoms. The Kier molecular flexibility index (Phi) is 5.01. The van der Waals surface area contributed by atoms with Crippen molar-refractivity contribution in [1.82, 2.24) is 4.90 Å². The molecule has 0 saturated heterocycles. The number of nitrogen functional groups attached to an aromatic ring is 1. The molecule has 1 atom stereocenters. The van der Waals surface area contributed by atoms with Crippen LogP contribution < -0.4 is 11.1 Å². The number of benzene rings is 1. The van der Waals surface area contributed by atoms with Crippen LogP contribution in [0.5, 0.6) is 0 Å². The van der Waals surface area contributed by atoms with Crippen molar-refractivity contribution >= 4 is 17.3 Å². The Morgan fingerprint density at radius 1 is 1.39 bits per heavy atom. The van der Waals surface area contributed by atoms with Crippen LogP contribution in [0.1, 0.15) is 26.3 Å². The Bertz CT molecular complexity index is 414. The maximum Gasteiger partial charge on any atom is 0.244 e. The first-order valence-electron chi connectivity index (χ1n) is 6.41. The average molecular weight is 249 g/mol. The molecule has 0 aromatic heterocycles. The lowest BCUT2D eigenvalue weighted by Crippen LogP contribution is -2.41. The SMILES string of the molecule is CCN(CC)C(=O)C(C)Nc1cccc(N)c1C. The highest BCUT2D eigenvalue weighted by Crippen LogP contribution is 2.21. The number of nitrogens with one attached hydrogen (secondary N) is 1. The van der Waals surface area contributed by atoms with E-state index in [-0.39, 0.29) is 11.9 Å². The molecule has 1 unspecified atom stereocenters. The fourth-order valence-corrected chi connectivity index (χ4v) is 1.91. The number of anilines is 2. The summed E-state index contributed by atoms with van der Waals surface area (Å²) < 4.78 is 0. The van der Waals surface area contributed by atoms with E-state index in [0.717, 1.165) is 30.0 Å². The number of carbonyl (C=O) groups excluding carboxylic acids is 1. The van der Waals surface area contributed by atoms with Crippen LogP contribution in [0.25, 0.3) is 0 Å². The van der Waals surface area contributed by atoms with Crippen molar-refractivity contribution < 1.29 is 4.79 Å². The first kappa shape index (κ1) is 14.4. The summed E-state index contributed by atoms with van der Waals surface area (Å²) in [4.78, 5) is 14.0. The highest BCUT2D eigenvalue weighted by Gasteiger charge is 2.18. The van der Waals surface area contributed by atoms with Gasteiger partial charge in [-0.05, 0) is 45.4 Å². The van der Waals surface area contributed by atoms with Crippen molar-refractivity contribution in [3.8, 4) is 0 Å². The monoisotopic (exact) mass is 249 g/mol. The predicted molar refractivity (Wildman–Crippen MR) is 76.6 cm³/mol. The molecule has 0 heterocycles. The molecule has 0 bridgehead atoms. The maximum atomic E-state index is 12.1. The highest BCUT2D eigenvalue weighted by atomic mass is 16.2. The van der Waals surface area contributed by atoms with Crippen molar-refractivity contribution in [3.63, 3.8) is 0 Å². The van der Waals surface area contributed by atoms with Gasteiger partial charge in [0.15, 0.2) is 0 Å². The summed E-state index contributed by atoms with van der Waals surface area (Å²) >= 11 is 0. The van der Waals surface area contributed by atoms with Gasteiger partial charge in [0.25, 0.3) is 0 Å². The van der Waals surface area contributed by atoms with Crippen LogP contribution in [0.15, 0.2) is 18.2 Å². The number of likely N-dealkylation sites (N-methyl/N-ethyl adjacent to an activating group) is 1. The third-order valence-corrected chi connectivity index (χ3v) is 3.19. The van der Waals surface area contributed by atoms with E-state index in [1.807, 2.05) is 50.8 Å². The third kappa shape index (κ3) is 3.15. The van der Waals surface area contributed by atoms with Gasteiger partial charge in [0.2, 0.25) is 5.91 Å². The zero-order chi connectivity index (χ0) is 13.7. The summed E-state index contributed by atoms with van der Waals surface area (Å²) in [6.45, 7) is 9.27. The quantitative estimate of drug-likeness (QED) is 0.787. The molecule has 4 nitrogen and oxygen atoms in total. The van der Waals surface area contributed by atoms with Gasteiger partial charge < -0.3 is 16.0 Å². The van der Waals surface area contributed by atoms with Crippen LogP contribution in [0.3, 0.4) is 0 Å². The van der Waals surface area contributed by atoms with E-state index in [2.05, 4.69) is 5.32 Å². The lowest BCUT2D eigenvalue weighted by atomic mass is 10.1. The molecule has 0 aliphatic heterocycles. The van der Waals surface area contributed by atoms with Crippen LogP contribution in [0, 0.1) is 6.92 Å². The van der Waals surface area contributed by atoms with E-state index in [9.17, 15) is 4.79 Å². The molecule has 18 heavy (non-hydrogen) atoms. The van der Waals surface area contributed by atoms with Crippen LogP contribution in [0.4, 0.5) is 11.4 Å². The Morgan fingerprint density at radius 3 is 2.56 bits per heavy atom. The topological polar surface area (TPSA) is 58.4 Å². The van der Waals surface area contributed by atoms with Crippen LogP contribution in [0.2, 0.25) is 0 Å². The Morgan fingerprint density at radius 2 is 2.00 bits per heavy atom. The molecule has 0 radical (unpaired) electrons. The highest BCUT2D eigenvalue weighted by molar-refractivity contribution is 5.84. The smallest absolute Gasteiger partial charge is 0.244 e. The van der Waals surface area contributed by atoms with Gasteiger partial charge in [-0.25, -0.2) is 0 Å². The second kappa shape index (κ2) is 6.28. The van der Waals surface area contributed by atoms with Crippen molar-refractivity contribution in [2.45, 2.75) is 33.7 Å². The number of amides is 1. The van der Waals surface area contributed by atoms with E-state index >= 15 is 0 Å². The van der Waals surface area contributed by atoms with Gasteiger partial charge in [-0.1, -0.05) is 6.07 Å². The van der Waals surface area contributed by atoms with Gasteiger partial charge in [0, 0.05) is 24.5 Å². The van der Waals surface area contributed by atoms with Gasteiger partial charge in [-0.2, -0.15) is 0 Å². The summed E-state index contributed by atoms with van der Waals surface area (Å²) in [5, 5.41) is 3.23. The Balaban J connectivity index is 2.78. The molecule has 0 aliphatic rings. The van der Waals surface area contributed by atoms with E-state index in [0.29, 0.717) is 0 Å². The summed E-state index contributed by atoms with van der Waals surface area (Å²) in [6.07, 6.45) is 0. The molecule has 0 fully saturated rings. The van der Waals surface area contributed by atoms with Crippen molar-refractivity contribution in [2.75, 3.05) is 24.1 Å². The van der Waals surface area contributed by atoms with Gasteiger partial charge in [-0.3, -0.25) is 4.79 Å². The van der Waals surface area contributed by atoms with E-state index < -0.39 is 0 Å². The fourth-order valence-electron chi connectivity index (χ4n) is 1.91. The number of nitrogens with zero attached hydrogens (tertiary/aromatic N) is 1. The van der Waals surface area contributed by atoms with Crippen molar-refractivity contribution in [3.05, 3.63) is 23.8 Å². The minimum Gasteiger partial charge on any atom is -0.398 e. The van der Waals surface area contributed by atoms with E-state index in [1.165, 1.54) is 0 Å². The molecule has 0 saturated carbocycles. The minimum absolute atomic E-state index is 0.113. The second-order valence-electron chi connectivity index (χ2n) is 4.40. The van der Waals surface area contributed by atoms with Crippen LogP contribution >= 0.6 is 0 Å². The molecule has 1 aromatic rings. The molecule has 4 heteroatoms. The van der Waals surface area contributed by atoms with Crippen molar-refractivity contribution in [2.24, 2.45) is 0 Å². The van der Waals surface area contributed by atoms with Gasteiger partial charge in [0.1, 0.15) is 6.04 Å². The lowest BCUT2D eigenvalue weighted by Gasteiger charge is -2.24. The normalized spacial score (nSPS) is 12.0. The summed E-state index contributed by atoms with van der Waals surface area (Å²) in [6, 6.07) is 5.44. The standard InChI is InChI=1S/C14H23N3O/c1-5-17(6-2)14(18)11(4)16-13-9-7-8-12(15)10(13)3/h7-9,11,16H,5-6,15H2,1-4H3. The van der Waals surface area contributed by atoms with Gasteiger partial charge in [0.05, 0.1) is 0 Å². The molecule has 1 amide bonds. The first-order valence-corrected chi connectivity index (χ1v) is 6.41. The summed E-state index contributed by atoms with van der Waals surface area (Å²) in [5.74, 6) is 0.113. The summed E-state index contributed by atoms with van der Waals surface area (Å²) in [5.41, 5.74) is 8.49. The lowest BCUT2D eigenvalue weighted by molar-refractivity contribution is -0.131. The summed E-state index contributed by atoms with van der Waals surface area (Å²) in [7, 11) is 0. The molecule has 100 valence electrons. The number of hydrogen-bond acceptors (Lipinski definition) is 3. The Hall–Kier alpha value is -1.71. The number of carbonyl (C=O) groups is 1. The van der Waals surface area contributed by atoms with Crippen LogP contribution in [-0.2, 0) is 4.79 Å². The molecule has 1 aromatic carbocycles. The fraction of sp³-hybridized carbons (Fsp3) is 0.500. The maximum absolute atomic E-state index is 12.1. The van der Waals surface area contributed by atoms with Gasteiger partial charge >= 0.3 is 0 Å². The van der Waals surface area contributed by atoms with Gasteiger partial charge in [-0.15, -0.1) is 0 Å². The van der Waals surface area contributed by atoms with Crippen LogP contribution in [-0.4, -0.2) is 29.9 Å². The number of nitrogens with two attached hydrogens (primary N) is 1. The minimum atomic E-state index is -0.245.